The van der Waals surface area contributed by atoms with Crippen LogP contribution in [0.5, 0.6) is 0 Å². The van der Waals surface area contributed by atoms with Gasteiger partial charge in [-0.3, -0.25) is 25.2 Å². The minimum atomic E-state index is -1.03. The number of thiophene rings is 1. The van der Waals surface area contributed by atoms with E-state index in [2.05, 4.69) is 10.9 Å². The lowest BCUT2D eigenvalue weighted by atomic mass is 9.79. The van der Waals surface area contributed by atoms with Crippen molar-refractivity contribution >= 4 is 29.1 Å². The number of carboxylic acid groups (broad SMARTS) is 1. The molecule has 7 nitrogen and oxygen atoms in total. The summed E-state index contributed by atoms with van der Waals surface area (Å²) in [5.74, 6) is -3.57. The molecule has 3 heterocycles. The van der Waals surface area contributed by atoms with Crippen LogP contribution in [0.15, 0.2) is 5.38 Å². The standard InChI is InChI=1S/C15H18N2O5S/c1-6-7(2)23-5-8(6)13(18)16-17-14(19)11-9-3-4-10(22-9)12(11)15(20)21/h5,9-12H,3-4H2,1-2H3,(H,16,18)(H,17,19)(H,20,21)/t9-,10+,11+,12+/m1/s1. The molecule has 1 aromatic rings. The zero-order valence-corrected chi connectivity index (χ0v) is 13.6. The van der Waals surface area contributed by atoms with Gasteiger partial charge in [0.05, 0.1) is 29.6 Å². The maximum Gasteiger partial charge on any atom is 0.310 e. The number of ether oxygens (including phenoxy) is 1. The highest BCUT2D eigenvalue weighted by molar-refractivity contribution is 7.10. The molecule has 3 N–H and O–H groups in total. The van der Waals surface area contributed by atoms with Gasteiger partial charge in [-0.15, -0.1) is 11.3 Å². The van der Waals surface area contributed by atoms with Gasteiger partial charge < -0.3 is 9.84 Å². The molecular formula is C15H18N2O5S. The van der Waals surface area contributed by atoms with Gasteiger partial charge in [-0.2, -0.15) is 0 Å². The van der Waals surface area contributed by atoms with Crippen molar-refractivity contribution in [1.29, 1.82) is 0 Å². The third kappa shape index (κ3) is 2.72. The number of hydrazine groups is 1. The van der Waals surface area contributed by atoms with Crippen LogP contribution in [0.1, 0.15) is 33.6 Å². The SMILES string of the molecule is Cc1scc(C(=O)NNC(=O)[C@@H]2[C@@H](C(=O)O)[C@@H]3CC[C@H]2O3)c1C. The van der Waals surface area contributed by atoms with Crippen molar-refractivity contribution in [2.75, 3.05) is 0 Å². The highest BCUT2D eigenvalue weighted by Gasteiger charge is 2.55. The molecule has 0 spiro atoms. The Balaban J connectivity index is 1.64. The molecule has 2 amide bonds. The van der Waals surface area contributed by atoms with E-state index >= 15 is 0 Å². The largest absolute Gasteiger partial charge is 0.481 e. The van der Waals surface area contributed by atoms with Gasteiger partial charge >= 0.3 is 5.97 Å². The molecule has 0 aromatic carbocycles. The number of hydrogen-bond acceptors (Lipinski definition) is 5. The number of rotatable bonds is 3. The molecule has 2 bridgehead atoms. The third-order valence-corrected chi connectivity index (χ3v) is 5.70. The molecule has 124 valence electrons. The number of amides is 2. The van der Waals surface area contributed by atoms with E-state index in [0.29, 0.717) is 18.4 Å². The van der Waals surface area contributed by atoms with Crippen molar-refractivity contribution in [1.82, 2.24) is 10.9 Å². The van der Waals surface area contributed by atoms with Gasteiger partial charge in [0.15, 0.2) is 0 Å². The Labute approximate surface area is 137 Å². The average molecular weight is 338 g/mol. The van der Waals surface area contributed by atoms with Gasteiger partial charge in [0, 0.05) is 10.3 Å². The zero-order chi connectivity index (χ0) is 16.7. The van der Waals surface area contributed by atoms with Crippen LogP contribution in [0.4, 0.5) is 0 Å². The number of carbonyl (C=O) groups excluding carboxylic acids is 2. The maximum absolute atomic E-state index is 12.3. The minimum Gasteiger partial charge on any atom is -0.481 e. The van der Waals surface area contributed by atoms with Gasteiger partial charge in [0.25, 0.3) is 5.91 Å². The fourth-order valence-corrected chi connectivity index (χ4v) is 4.20. The van der Waals surface area contributed by atoms with Crippen LogP contribution in [0.25, 0.3) is 0 Å². The summed E-state index contributed by atoms with van der Waals surface area (Å²) in [6, 6.07) is 0. The Morgan fingerprint density at radius 3 is 2.39 bits per heavy atom. The summed E-state index contributed by atoms with van der Waals surface area (Å²) in [7, 11) is 0. The van der Waals surface area contributed by atoms with Gasteiger partial charge in [0.1, 0.15) is 0 Å². The summed E-state index contributed by atoms with van der Waals surface area (Å²) in [4.78, 5) is 36.8. The Hall–Kier alpha value is -1.93. The number of aliphatic carboxylic acids is 1. The first-order valence-corrected chi connectivity index (χ1v) is 8.31. The van der Waals surface area contributed by atoms with Gasteiger partial charge in [-0.25, -0.2) is 0 Å². The predicted octanol–water partition coefficient (Wildman–Crippen LogP) is 1.00. The quantitative estimate of drug-likeness (QED) is 0.713. The summed E-state index contributed by atoms with van der Waals surface area (Å²) in [5, 5.41) is 11.0. The van der Waals surface area contributed by atoms with Crippen LogP contribution in [-0.2, 0) is 14.3 Å². The molecule has 0 saturated carbocycles. The third-order valence-electron chi connectivity index (χ3n) is 4.69. The number of aryl methyl sites for hydroxylation is 1. The Morgan fingerprint density at radius 2 is 1.83 bits per heavy atom. The van der Waals surface area contributed by atoms with Crippen molar-refractivity contribution in [3.05, 3.63) is 21.4 Å². The fourth-order valence-electron chi connectivity index (χ4n) is 3.33. The Kier molecular flexibility index (Phi) is 4.11. The van der Waals surface area contributed by atoms with Crippen molar-refractivity contribution in [2.45, 2.75) is 38.9 Å². The van der Waals surface area contributed by atoms with Crippen LogP contribution >= 0.6 is 11.3 Å². The molecule has 2 aliphatic heterocycles. The van der Waals surface area contributed by atoms with Gasteiger partial charge in [-0.05, 0) is 32.3 Å². The van der Waals surface area contributed by atoms with Crippen molar-refractivity contribution in [3.63, 3.8) is 0 Å². The second-order valence-corrected chi connectivity index (χ2v) is 7.04. The number of fused-ring (bicyclic) bond motifs is 2. The zero-order valence-electron chi connectivity index (χ0n) is 12.8. The van der Waals surface area contributed by atoms with Crippen molar-refractivity contribution in [2.24, 2.45) is 11.8 Å². The molecule has 8 heteroatoms. The van der Waals surface area contributed by atoms with E-state index in [0.717, 1.165) is 10.4 Å². The highest BCUT2D eigenvalue weighted by Crippen LogP contribution is 2.43. The molecule has 0 aliphatic carbocycles. The van der Waals surface area contributed by atoms with Crippen LogP contribution in [-0.4, -0.2) is 35.1 Å². The van der Waals surface area contributed by atoms with Crippen LogP contribution in [0, 0.1) is 25.7 Å². The van der Waals surface area contributed by atoms with E-state index in [1.807, 2.05) is 13.8 Å². The lowest BCUT2D eigenvalue weighted by Crippen LogP contribution is -2.50. The smallest absolute Gasteiger partial charge is 0.310 e. The average Bonchev–Trinajstić information content (AvgIpc) is 3.20. The molecule has 1 aromatic heterocycles. The lowest BCUT2D eigenvalue weighted by Gasteiger charge is -2.23. The molecule has 3 rings (SSSR count). The summed E-state index contributed by atoms with van der Waals surface area (Å²) in [6.45, 7) is 3.76. The second-order valence-electron chi connectivity index (χ2n) is 5.95. The van der Waals surface area contributed by atoms with E-state index in [4.69, 9.17) is 4.74 Å². The van der Waals surface area contributed by atoms with Crippen LogP contribution in [0.3, 0.4) is 0 Å². The van der Waals surface area contributed by atoms with E-state index in [1.165, 1.54) is 11.3 Å². The number of nitrogens with one attached hydrogen (secondary N) is 2. The molecular weight excluding hydrogens is 320 g/mol. The van der Waals surface area contributed by atoms with Gasteiger partial charge in [-0.1, -0.05) is 0 Å². The topological polar surface area (TPSA) is 105 Å². The Bertz CT molecular complexity index is 671. The molecule has 23 heavy (non-hydrogen) atoms. The first-order valence-electron chi connectivity index (χ1n) is 7.43. The van der Waals surface area contributed by atoms with E-state index < -0.39 is 35.7 Å². The number of hydrogen-bond donors (Lipinski definition) is 3. The maximum atomic E-state index is 12.3. The molecule has 0 radical (unpaired) electrons. The summed E-state index contributed by atoms with van der Waals surface area (Å²) in [6.07, 6.45) is 0.530. The van der Waals surface area contributed by atoms with Crippen molar-refractivity contribution < 1.29 is 24.2 Å². The minimum absolute atomic E-state index is 0.386. The number of carbonyl (C=O) groups is 3. The summed E-state index contributed by atoms with van der Waals surface area (Å²) in [5.41, 5.74) is 6.10. The van der Waals surface area contributed by atoms with E-state index in [1.54, 1.807) is 5.38 Å². The molecule has 0 unspecified atom stereocenters. The highest BCUT2D eigenvalue weighted by atomic mass is 32.1. The second kappa shape index (κ2) is 5.93. The van der Waals surface area contributed by atoms with Crippen molar-refractivity contribution in [3.8, 4) is 0 Å². The molecule has 2 saturated heterocycles. The number of carboxylic acids is 1. The van der Waals surface area contributed by atoms with Crippen LogP contribution < -0.4 is 10.9 Å². The lowest BCUT2D eigenvalue weighted by molar-refractivity contribution is -0.148. The summed E-state index contributed by atoms with van der Waals surface area (Å²) < 4.78 is 5.54. The normalized spacial score (nSPS) is 28.6. The van der Waals surface area contributed by atoms with Gasteiger partial charge in [0.2, 0.25) is 5.91 Å². The monoisotopic (exact) mass is 338 g/mol. The molecule has 2 aliphatic rings. The first-order chi connectivity index (χ1) is 10.9. The molecule has 2 fully saturated rings. The fraction of sp³-hybridized carbons (Fsp3) is 0.533. The first kappa shape index (κ1) is 15.9. The molecule has 4 atom stereocenters. The van der Waals surface area contributed by atoms with E-state index in [-0.39, 0.29) is 6.10 Å². The Morgan fingerprint density at radius 1 is 1.17 bits per heavy atom. The summed E-state index contributed by atoms with van der Waals surface area (Å²) >= 11 is 1.46. The van der Waals surface area contributed by atoms with Crippen LogP contribution in [0.2, 0.25) is 0 Å². The predicted molar refractivity (Wildman–Crippen MR) is 81.9 cm³/mol. The van der Waals surface area contributed by atoms with E-state index in [9.17, 15) is 19.5 Å².